The Kier molecular flexibility index (Phi) is 11.1. The first-order valence-electron chi connectivity index (χ1n) is 8.23. The summed E-state index contributed by atoms with van der Waals surface area (Å²) in [5.74, 6) is 0. The maximum Gasteiger partial charge on any atom is 0.0349 e. The highest BCUT2D eigenvalue weighted by molar-refractivity contribution is 5.85. The molecule has 2 nitrogen and oxygen atoms in total. The molecule has 1 heterocycles. The quantitative estimate of drug-likeness (QED) is 0.752. The average Bonchev–Trinajstić information content (AvgIpc) is 2.43. The van der Waals surface area contributed by atoms with Gasteiger partial charge in [0.05, 0.1) is 0 Å². The fourth-order valence-electron chi connectivity index (χ4n) is 3.34. The lowest BCUT2D eigenvalue weighted by molar-refractivity contribution is 0.162. The predicted molar refractivity (Wildman–Crippen MR) is 102 cm³/mol. The van der Waals surface area contributed by atoms with Crippen LogP contribution in [0.1, 0.15) is 55.3 Å². The van der Waals surface area contributed by atoms with Crippen molar-refractivity contribution in [2.45, 2.75) is 52.5 Å². The van der Waals surface area contributed by atoms with Gasteiger partial charge in [-0.3, -0.25) is 4.90 Å². The Morgan fingerprint density at radius 3 is 2.14 bits per heavy atom. The molecule has 0 radical (unpaired) electrons. The number of nitrogens with zero attached hydrogens (tertiary/aromatic N) is 1. The monoisotopic (exact) mass is 346 g/mol. The number of piperazine rings is 1. The first-order chi connectivity index (χ1) is 9.70. The molecule has 0 amide bonds. The number of hydrogen-bond donors (Lipinski definition) is 1. The third-order valence-electron chi connectivity index (χ3n) is 4.30. The molecule has 0 aromatic heterocycles. The SMILES string of the molecule is CCCCC[C@H](c1cc(C)cc(C)c1)N1CCNCC1.Cl.Cl. The summed E-state index contributed by atoms with van der Waals surface area (Å²) in [6.45, 7) is 11.4. The largest absolute Gasteiger partial charge is 0.314 e. The van der Waals surface area contributed by atoms with Crippen LogP contribution in [-0.2, 0) is 0 Å². The van der Waals surface area contributed by atoms with Gasteiger partial charge in [0.15, 0.2) is 0 Å². The van der Waals surface area contributed by atoms with Gasteiger partial charge in [-0.05, 0) is 25.8 Å². The fourth-order valence-corrected chi connectivity index (χ4v) is 3.34. The summed E-state index contributed by atoms with van der Waals surface area (Å²) in [5.41, 5.74) is 4.33. The molecule has 0 bridgehead atoms. The maximum absolute atomic E-state index is 3.47. The van der Waals surface area contributed by atoms with E-state index in [0.717, 1.165) is 13.1 Å². The predicted octanol–water partition coefficient (Wildman–Crippen LogP) is 4.67. The Morgan fingerprint density at radius 1 is 1.00 bits per heavy atom. The van der Waals surface area contributed by atoms with Crippen molar-refractivity contribution in [3.05, 3.63) is 34.9 Å². The molecular weight excluding hydrogens is 315 g/mol. The standard InChI is InChI=1S/C18H30N2.2ClH/c1-4-5-6-7-18(20-10-8-19-9-11-20)17-13-15(2)12-16(3)14-17;;/h12-14,18-19H,4-11H2,1-3H3;2*1H/t18-;;/m1../s1. The van der Waals surface area contributed by atoms with Crippen LogP contribution in [0.15, 0.2) is 18.2 Å². The van der Waals surface area contributed by atoms with Crippen molar-refractivity contribution in [1.29, 1.82) is 0 Å². The first kappa shape index (κ1) is 21.7. The van der Waals surface area contributed by atoms with Crippen LogP contribution in [0.3, 0.4) is 0 Å². The van der Waals surface area contributed by atoms with Gasteiger partial charge in [-0.1, -0.05) is 55.5 Å². The number of rotatable bonds is 6. The van der Waals surface area contributed by atoms with Gasteiger partial charge >= 0.3 is 0 Å². The van der Waals surface area contributed by atoms with Crippen molar-refractivity contribution < 1.29 is 0 Å². The van der Waals surface area contributed by atoms with Crippen LogP contribution >= 0.6 is 24.8 Å². The topological polar surface area (TPSA) is 15.3 Å². The molecule has 0 unspecified atom stereocenters. The van der Waals surface area contributed by atoms with E-state index >= 15 is 0 Å². The summed E-state index contributed by atoms with van der Waals surface area (Å²) < 4.78 is 0. The molecule has 128 valence electrons. The maximum atomic E-state index is 3.47. The summed E-state index contributed by atoms with van der Waals surface area (Å²) in [6.07, 6.45) is 5.31. The van der Waals surface area contributed by atoms with E-state index in [1.807, 2.05) is 0 Å². The molecule has 1 N–H and O–H groups in total. The second kappa shape index (κ2) is 11.3. The average molecular weight is 347 g/mol. The minimum absolute atomic E-state index is 0. The van der Waals surface area contributed by atoms with E-state index in [9.17, 15) is 0 Å². The lowest BCUT2D eigenvalue weighted by Gasteiger charge is -2.35. The molecule has 0 saturated carbocycles. The normalized spacial score (nSPS) is 16.5. The molecule has 1 aliphatic heterocycles. The number of aryl methyl sites for hydroxylation is 2. The number of halogens is 2. The molecule has 2 rings (SSSR count). The Morgan fingerprint density at radius 2 is 1.59 bits per heavy atom. The van der Waals surface area contributed by atoms with Gasteiger partial charge in [-0.25, -0.2) is 0 Å². The number of unbranched alkanes of at least 4 members (excludes halogenated alkanes) is 2. The van der Waals surface area contributed by atoms with Crippen molar-refractivity contribution in [2.75, 3.05) is 26.2 Å². The van der Waals surface area contributed by atoms with Gasteiger partial charge in [0, 0.05) is 32.2 Å². The molecule has 1 aromatic rings. The Balaban J connectivity index is 0.00000220. The molecule has 22 heavy (non-hydrogen) atoms. The number of hydrogen-bond acceptors (Lipinski definition) is 2. The van der Waals surface area contributed by atoms with E-state index in [2.05, 4.69) is 49.2 Å². The summed E-state index contributed by atoms with van der Waals surface area (Å²) in [5, 5.41) is 3.47. The van der Waals surface area contributed by atoms with E-state index in [4.69, 9.17) is 0 Å². The van der Waals surface area contributed by atoms with Gasteiger partial charge in [0.1, 0.15) is 0 Å². The van der Waals surface area contributed by atoms with Crippen LogP contribution in [-0.4, -0.2) is 31.1 Å². The van der Waals surface area contributed by atoms with Crippen LogP contribution in [0.5, 0.6) is 0 Å². The Hall–Kier alpha value is -0.280. The number of nitrogens with one attached hydrogen (secondary N) is 1. The Bertz CT molecular complexity index is 397. The zero-order valence-corrected chi connectivity index (χ0v) is 15.9. The lowest BCUT2D eigenvalue weighted by atomic mass is 9.95. The molecule has 1 fully saturated rings. The third-order valence-corrected chi connectivity index (χ3v) is 4.30. The zero-order valence-electron chi connectivity index (χ0n) is 14.2. The van der Waals surface area contributed by atoms with Gasteiger partial charge in [0.2, 0.25) is 0 Å². The molecule has 1 aliphatic rings. The number of benzene rings is 1. The van der Waals surface area contributed by atoms with Crippen LogP contribution in [0.25, 0.3) is 0 Å². The van der Waals surface area contributed by atoms with Crippen molar-refractivity contribution in [1.82, 2.24) is 10.2 Å². The van der Waals surface area contributed by atoms with Gasteiger partial charge in [-0.2, -0.15) is 0 Å². The molecular formula is C18H32Cl2N2. The highest BCUT2D eigenvalue weighted by Gasteiger charge is 2.21. The van der Waals surface area contributed by atoms with Crippen LogP contribution in [0, 0.1) is 13.8 Å². The minimum Gasteiger partial charge on any atom is -0.314 e. The summed E-state index contributed by atoms with van der Waals surface area (Å²) in [4.78, 5) is 2.68. The highest BCUT2D eigenvalue weighted by atomic mass is 35.5. The van der Waals surface area contributed by atoms with E-state index in [1.165, 1.54) is 55.5 Å². The minimum atomic E-state index is 0. The molecule has 1 saturated heterocycles. The second-order valence-electron chi connectivity index (χ2n) is 6.22. The second-order valence-corrected chi connectivity index (χ2v) is 6.22. The van der Waals surface area contributed by atoms with Crippen molar-refractivity contribution in [3.63, 3.8) is 0 Å². The van der Waals surface area contributed by atoms with E-state index in [0.29, 0.717) is 6.04 Å². The van der Waals surface area contributed by atoms with Gasteiger partial charge < -0.3 is 5.32 Å². The van der Waals surface area contributed by atoms with Crippen molar-refractivity contribution in [2.24, 2.45) is 0 Å². The van der Waals surface area contributed by atoms with Crippen LogP contribution in [0.4, 0.5) is 0 Å². The molecule has 4 heteroatoms. The van der Waals surface area contributed by atoms with E-state index in [-0.39, 0.29) is 24.8 Å². The van der Waals surface area contributed by atoms with Gasteiger partial charge in [-0.15, -0.1) is 24.8 Å². The molecule has 0 spiro atoms. The lowest BCUT2D eigenvalue weighted by Crippen LogP contribution is -2.45. The summed E-state index contributed by atoms with van der Waals surface area (Å²) in [6, 6.07) is 7.68. The van der Waals surface area contributed by atoms with Crippen LogP contribution in [0.2, 0.25) is 0 Å². The zero-order chi connectivity index (χ0) is 14.4. The third kappa shape index (κ3) is 6.45. The van der Waals surface area contributed by atoms with Crippen molar-refractivity contribution in [3.8, 4) is 0 Å². The first-order valence-corrected chi connectivity index (χ1v) is 8.23. The smallest absolute Gasteiger partial charge is 0.0349 e. The molecule has 1 aromatic carbocycles. The summed E-state index contributed by atoms with van der Waals surface area (Å²) >= 11 is 0. The van der Waals surface area contributed by atoms with Crippen LogP contribution < -0.4 is 5.32 Å². The van der Waals surface area contributed by atoms with Gasteiger partial charge in [0.25, 0.3) is 0 Å². The fraction of sp³-hybridized carbons (Fsp3) is 0.667. The highest BCUT2D eigenvalue weighted by Crippen LogP contribution is 2.28. The van der Waals surface area contributed by atoms with E-state index in [1.54, 1.807) is 0 Å². The molecule has 1 atom stereocenters. The Labute approximate surface area is 148 Å². The van der Waals surface area contributed by atoms with E-state index < -0.39 is 0 Å². The summed E-state index contributed by atoms with van der Waals surface area (Å²) in [7, 11) is 0. The molecule has 0 aliphatic carbocycles. The van der Waals surface area contributed by atoms with Crippen molar-refractivity contribution >= 4 is 24.8 Å².